The molecule has 3 rings (SSSR count). The summed E-state index contributed by atoms with van der Waals surface area (Å²) in [6.07, 6.45) is 3.52. The number of carbonyl (C=O) groups is 1. The molecule has 122 valence electrons. The first-order valence-electron chi connectivity index (χ1n) is 7.77. The van der Waals surface area contributed by atoms with Crippen molar-refractivity contribution in [3.63, 3.8) is 0 Å². The third kappa shape index (κ3) is 3.70. The second-order valence-electron chi connectivity index (χ2n) is 5.86. The summed E-state index contributed by atoms with van der Waals surface area (Å²) in [6, 6.07) is 17.2. The fourth-order valence-electron chi connectivity index (χ4n) is 2.59. The van der Waals surface area contributed by atoms with E-state index in [0.717, 1.165) is 23.5 Å². The predicted octanol–water partition coefficient (Wildman–Crippen LogP) is 3.19. The van der Waals surface area contributed by atoms with E-state index in [0.29, 0.717) is 5.56 Å². The summed E-state index contributed by atoms with van der Waals surface area (Å²) in [5.41, 5.74) is 3.27. The Kier molecular flexibility index (Phi) is 4.72. The number of hydrogen-bond donors (Lipinski definition) is 1. The summed E-state index contributed by atoms with van der Waals surface area (Å²) in [7, 11) is 4.04. The number of hydrogen-bond acceptors (Lipinski definition) is 3. The standard InChI is InChI=1S/C19H20N4O/c1-22(2)14-15-7-5-8-16(13-15)21-19(24)17-9-3-4-10-18(17)23-12-6-11-20-23/h3-13H,14H2,1-2H3,(H,21,24). The lowest BCUT2D eigenvalue weighted by molar-refractivity contribution is 0.102. The lowest BCUT2D eigenvalue weighted by Gasteiger charge is -2.13. The molecule has 3 aromatic rings. The summed E-state index contributed by atoms with van der Waals surface area (Å²) in [4.78, 5) is 14.8. The van der Waals surface area contributed by atoms with Crippen molar-refractivity contribution in [3.05, 3.63) is 78.1 Å². The Bertz CT molecular complexity index is 825. The molecule has 0 spiro atoms. The molecule has 5 nitrogen and oxygen atoms in total. The van der Waals surface area contributed by atoms with Crippen LogP contribution < -0.4 is 5.32 Å². The highest BCUT2D eigenvalue weighted by molar-refractivity contribution is 6.06. The zero-order chi connectivity index (χ0) is 16.9. The quantitative estimate of drug-likeness (QED) is 0.785. The Morgan fingerprint density at radius 1 is 1.12 bits per heavy atom. The largest absolute Gasteiger partial charge is 0.322 e. The number of carbonyl (C=O) groups excluding carboxylic acids is 1. The molecule has 1 heterocycles. The van der Waals surface area contributed by atoms with Crippen molar-refractivity contribution in [1.82, 2.24) is 14.7 Å². The maximum Gasteiger partial charge on any atom is 0.257 e. The number of nitrogens with one attached hydrogen (secondary N) is 1. The van der Waals surface area contributed by atoms with Gasteiger partial charge in [0.15, 0.2) is 0 Å². The highest BCUT2D eigenvalue weighted by atomic mass is 16.1. The predicted molar refractivity (Wildman–Crippen MR) is 95.4 cm³/mol. The highest BCUT2D eigenvalue weighted by Gasteiger charge is 2.13. The molecular weight excluding hydrogens is 300 g/mol. The van der Waals surface area contributed by atoms with Crippen molar-refractivity contribution in [3.8, 4) is 5.69 Å². The SMILES string of the molecule is CN(C)Cc1cccc(NC(=O)c2ccccc2-n2cccn2)c1. The van der Waals surface area contributed by atoms with Gasteiger partial charge in [0.25, 0.3) is 5.91 Å². The van der Waals surface area contributed by atoms with E-state index in [-0.39, 0.29) is 5.91 Å². The summed E-state index contributed by atoms with van der Waals surface area (Å²) < 4.78 is 1.69. The Morgan fingerprint density at radius 3 is 2.71 bits per heavy atom. The molecule has 1 aromatic heterocycles. The molecule has 0 aliphatic rings. The van der Waals surface area contributed by atoms with Crippen LogP contribution in [0.3, 0.4) is 0 Å². The van der Waals surface area contributed by atoms with Gasteiger partial charge in [-0.3, -0.25) is 4.79 Å². The highest BCUT2D eigenvalue weighted by Crippen LogP contribution is 2.17. The molecule has 2 aromatic carbocycles. The molecular formula is C19H20N4O. The van der Waals surface area contributed by atoms with Crippen LogP contribution in [-0.4, -0.2) is 34.7 Å². The van der Waals surface area contributed by atoms with E-state index in [1.165, 1.54) is 0 Å². The van der Waals surface area contributed by atoms with Crippen molar-refractivity contribution < 1.29 is 4.79 Å². The van der Waals surface area contributed by atoms with Crippen LogP contribution in [0.2, 0.25) is 0 Å². The zero-order valence-electron chi connectivity index (χ0n) is 13.8. The molecule has 0 aliphatic heterocycles. The molecule has 0 saturated heterocycles. The monoisotopic (exact) mass is 320 g/mol. The molecule has 0 saturated carbocycles. The maximum atomic E-state index is 12.7. The average Bonchev–Trinajstić information content (AvgIpc) is 3.09. The summed E-state index contributed by atoms with van der Waals surface area (Å²) in [5, 5.41) is 7.19. The van der Waals surface area contributed by atoms with Gasteiger partial charge in [0.05, 0.1) is 11.3 Å². The molecule has 0 unspecified atom stereocenters. The summed E-state index contributed by atoms with van der Waals surface area (Å²) in [5.74, 6) is -0.150. The fraction of sp³-hybridized carbons (Fsp3) is 0.158. The van der Waals surface area contributed by atoms with Crippen LogP contribution in [-0.2, 0) is 6.54 Å². The molecule has 0 aliphatic carbocycles. The average molecular weight is 320 g/mol. The molecule has 0 atom stereocenters. The van der Waals surface area contributed by atoms with E-state index in [2.05, 4.69) is 15.3 Å². The molecule has 24 heavy (non-hydrogen) atoms. The zero-order valence-corrected chi connectivity index (χ0v) is 13.8. The second kappa shape index (κ2) is 7.10. The van der Waals surface area contributed by atoms with Crippen LogP contribution in [0.25, 0.3) is 5.69 Å². The van der Waals surface area contributed by atoms with Crippen LogP contribution in [0, 0.1) is 0 Å². The van der Waals surface area contributed by atoms with Crippen LogP contribution in [0.15, 0.2) is 67.0 Å². The molecule has 0 fully saturated rings. The van der Waals surface area contributed by atoms with Crippen LogP contribution in [0.5, 0.6) is 0 Å². The fourth-order valence-corrected chi connectivity index (χ4v) is 2.59. The first-order chi connectivity index (χ1) is 11.6. The van der Waals surface area contributed by atoms with Crippen LogP contribution >= 0.6 is 0 Å². The lowest BCUT2D eigenvalue weighted by Crippen LogP contribution is -2.16. The number of amides is 1. The first kappa shape index (κ1) is 16.0. The van der Waals surface area contributed by atoms with Gasteiger partial charge in [0.1, 0.15) is 0 Å². The minimum absolute atomic E-state index is 0.150. The third-order valence-corrected chi connectivity index (χ3v) is 3.58. The number of nitrogens with zero attached hydrogens (tertiary/aromatic N) is 3. The topological polar surface area (TPSA) is 50.2 Å². The second-order valence-corrected chi connectivity index (χ2v) is 5.86. The summed E-state index contributed by atoms with van der Waals surface area (Å²) >= 11 is 0. The Morgan fingerprint density at radius 2 is 1.96 bits per heavy atom. The van der Waals surface area contributed by atoms with Gasteiger partial charge in [-0.1, -0.05) is 24.3 Å². The Hall–Kier alpha value is -2.92. The van der Waals surface area contributed by atoms with Crippen molar-refractivity contribution in [1.29, 1.82) is 0 Å². The molecule has 0 radical (unpaired) electrons. The van der Waals surface area contributed by atoms with E-state index >= 15 is 0 Å². The van der Waals surface area contributed by atoms with Gasteiger partial charge < -0.3 is 10.2 Å². The normalized spacial score (nSPS) is 10.8. The van der Waals surface area contributed by atoms with Gasteiger partial charge >= 0.3 is 0 Å². The van der Waals surface area contributed by atoms with Crippen molar-refractivity contribution in [2.75, 3.05) is 19.4 Å². The number of aromatic nitrogens is 2. The van der Waals surface area contributed by atoms with Crippen molar-refractivity contribution >= 4 is 11.6 Å². The van der Waals surface area contributed by atoms with Crippen molar-refractivity contribution in [2.45, 2.75) is 6.54 Å². The Labute approximate surface area is 141 Å². The maximum absolute atomic E-state index is 12.7. The van der Waals surface area contributed by atoms with E-state index in [1.54, 1.807) is 16.9 Å². The molecule has 1 N–H and O–H groups in total. The van der Waals surface area contributed by atoms with E-state index in [1.807, 2.05) is 68.8 Å². The van der Waals surface area contributed by atoms with Gasteiger partial charge in [-0.05, 0) is 50.0 Å². The molecule has 5 heteroatoms. The smallest absolute Gasteiger partial charge is 0.257 e. The van der Waals surface area contributed by atoms with Gasteiger partial charge in [-0.25, -0.2) is 4.68 Å². The minimum Gasteiger partial charge on any atom is -0.322 e. The molecule has 0 bridgehead atoms. The van der Waals surface area contributed by atoms with E-state index < -0.39 is 0 Å². The van der Waals surface area contributed by atoms with Crippen LogP contribution in [0.1, 0.15) is 15.9 Å². The third-order valence-electron chi connectivity index (χ3n) is 3.58. The Balaban J connectivity index is 1.84. The lowest BCUT2D eigenvalue weighted by atomic mass is 10.1. The van der Waals surface area contributed by atoms with Gasteiger partial charge in [-0.15, -0.1) is 0 Å². The number of rotatable bonds is 5. The van der Waals surface area contributed by atoms with Gasteiger partial charge in [0, 0.05) is 24.6 Å². The van der Waals surface area contributed by atoms with Crippen LogP contribution in [0.4, 0.5) is 5.69 Å². The molecule has 1 amide bonds. The van der Waals surface area contributed by atoms with Gasteiger partial charge in [0.2, 0.25) is 0 Å². The number of anilines is 1. The van der Waals surface area contributed by atoms with Crippen molar-refractivity contribution in [2.24, 2.45) is 0 Å². The number of benzene rings is 2. The van der Waals surface area contributed by atoms with E-state index in [9.17, 15) is 4.79 Å². The van der Waals surface area contributed by atoms with Gasteiger partial charge in [-0.2, -0.15) is 5.10 Å². The van der Waals surface area contributed by atoms with E-state index in [4.69, 9.17) is 0 Å². The first-order valence-corrected chi connectivity index (χ1v) is 7.77. The number of para-hydroxylation sites is 1. The summed E-state index contributed by atoms with van der Waals surface area (Å²) in [6.45, 7) is 0.827. The minimum atomic E-state index is -0.150.